The molecular weight excluding hydrogens is 352 g/mol. The van der Waals surface area contributed by atoms with Crippen LogP contribution < -0.4 is 4.74 Å². The van der Waals surface area contributed by atoms with Gasteiger partial charge in [0.15, 0.2) is 0 Å². The number of piperazine rings is 1. The monoisotopic (exact) mass is 386 g/mol. The first kappa shape index (κ1) is 20.8. The van der Waals surface area contributed by atoms with Gasteiger partial charge in [-0.25, -0.2) is 0 Å². The number of aliphatic hydroxyl groups is 1. The molecule has 0 radical (unpaired) electrons. The fourth-order valence-corrected chi connectivity index (χ4v) is 3.82. The Hall–Kier alpha value is -1.89. The number of hydrogen-bond donors (Lipinski definition) is 1. The summed E-state index contributed by atoms with van der Waals surface area (Å²) in [4.78, 5) is 4.98. The van der Waals surface area contributed by atoms with E-state index in [0.717, 1.165) is 44.9 Å². The molecule has 0 bridgehead atoms. The lowest BCUT2D eigenvalue weighted by Crippen LogP contribution is -2.52. The minimum absolute atomic E-state index is 0.226. The Labute approximate surface area is 168 Å². The van der Waals surface area contributed by atoms with Crippen molar-refractivity contribution in [2.45, 2.75) is 52.4 Å². The number of ether oxygens (including phenoxy) is 1. The zero-order valence-corrected chi connectivity index (χ0v) is 17.4. The van der Waals surface area contributed by atoms with Gasteiger partial charge >= 0.3 is 0 Å². The van der Waals surface area contributed by atoms with Crippen molar-refractivity contribution in [2.75, 3.05) is 32.8 Å². The summed E-state index contributed by atoms with van der Waals surface area (Å²) in [6.07, 6.45) is 4.93. The van der Waals surface area contributed by atoms with E-state index in [0.29, 0.717) is 18.7 Å². The molecule has 154 valence electrons. The first-order valence-electron chi connectivity index (χ1n) is 10.4. The van der Waals surface area contributed by atoms with Gasteiger partial charge in [-0.15, -0.1) is 0 Å². The van der Waals surface area contributed by atoms with Crippen molar-refractivity contribution in [3.05, 3.63) is 47.8 Å². The van der Waals surface area contributed by atoms with E-state index in [2.05, 4.69) is 47.1 Å². The van der Waals surface area contributed by atoms with Crippen molar-refractivity contribution in [3.8, 4) is 5.75 Å². The average Bonchev–Trinajstić information content (AvgIpc) is 3.15. The van der Waals surface area contributed by atoms with Crippen LogP contribution in [0.4, 0.5) is 0 Å². The SMILES string of the molecule is CCOc1ccc(CN2CCN(Cc3cnn(C(C)C)c3)CC2CCO)cc1. The Kier molecular flexibility index (Phi) is 7.48. The molecule has 6 heteroatoms. The molecule has 1 aromatic heterocycles. The van der Waals surface area contributed by atoms with E-state index in [-0.39, 0.29) is 6.61 Å². The molecule has 1 fully saturated rings. The summed E-state index contributed by atoms with van der Waals surface area (Å²) in [6.45, 7) is 12.1. The molecule has 1 unspecified atom stereocenters. The van der Waals surface area contributed by atoms with Crippen LogP contribution in [-0.4, -0.2) is 63.6 Å². The largest absolute Gasteiger partial charge is 0.494 e. The van der Waals surface area contributed by atoms with E-state index in [1.54, 1.807) is 0 Å². The van der Waals surface area contributed by atoms with Gasteiger partial charge in [0, 0.05) is 63.2 Å². The molecular formula is C22H34N4O2. The number of hydrogen-bond acceptors (Lipinski definition) is 5. The van der Waals surface area contributed by atoms with Gasteiger partial charge in [0.1, 0.15) is 5.75 Å². The van der Waals surface area contributed by atoms with Crippen LogP contribution in [0.15, 0.2) is 36.7 Å². The molecule has 1 aromatic carbocycles. The zero-order chi connectivity index (χ0) is 19.9. The summed E-state index contributed by atoms with van der Waals surface area (Å²) in [6, 6.07) is 9.14. The van der Waals surface area contributed by atoms with Crippen LogP contribution in [0.1, 0.15) is 44.4 Å². The number of aromatic nitrogens is 2. The Balaban J connectivity index is 1.58. The van der Waals surface area contributed by atoms with Crippen LogP contribution in [0.5, 0.6) is 5.75 Å². The molecule has 28 heavy (non-hydrogen) atoms. The van der Waals surface area contributed by atoms with E-state index >= 15 is 0 Å². The van der Waals surface area contributed by atoms with Crippen molar-refractivity contribution in [1.29, 1.82) is 0 Å². The molecule has 0 saturated carbocycles. The summed E-state index contributed by atoms with van der Waals surface area (Å²) in [5.74, 6) is 0.921. The normalized spacial score (nSPS) is 18.7. The van der Waals surface area contributed by atoms with Gasteiger partial charge in [-0.1, -0.05) is 12.1 Å². The predicted molar refractivity (Wildman–Crippen MR) is 111 cm³/mol. The smallest absolute Gasteiger partial charge is 0.119 e. The molecule has 0 aliphatic carbocycles. The Morgan fingerprint density at radius 3 is 2.57 bits per heavy atom. The van der Waals surface area contributed by atoms with Gasteiger partial charge in [-0.3, -0.25) is 14.5 Å². The van der Waals surface area contributed by atoms with Crippen LogP contribution in [-0.2, 0) is 13.1 Å². The summed E-state index contributed by atoms with van der Waals surface area (Å²) in [5.41, 5.74) is 2.55. The standard InChI is InChI=1S/C22H34N4O2/c1-4-28-22-7-5-19(6-8-22)15-25-11-10-24(17-21(25)9-12-27)14-20-13-23-26(16-20)18(2)3/h5-8,13,16,18,21,27H,4,9-12,14-15,17H2,1-3H3. The van der Waals surface area contributed by atoms with Gasteiger partial charge in [0.05, 0.1) is 12.8 Å². The van der Waals surface area contributed by atoms with Crippen molar-refractivity contribution in [2.24, 2.45) is 0 Å². The van der Waals surface area contributed by atoms with Crippen molar-refractivity contribution >= 4 is 0 Å². The minimum Gasteiger partial charge on any atom is -0.494 e. The fraction of sp³-hybridized carbons (Fsp3) is 0.591. The van der Waals surface area contributed by atoms with Crippen molar-refractivity contribution in [1.82, 2.24) is 19.6 Å². The van der Waals surface area contributed by atoms with Crippen LogP contribution >= 0.6 is 0 Å². The number of benzene rings is 1. The lowest BCUT2D eigenvalue weighted by molar-refractivity contribution is 0.0499. The van der Waals surface area contributed by atoms with Gasteiger partial charge in [0.25, 0.3) is 0 Å². The number of nitrogens with zero attached hydrogens (tertiary/aromatic N) is 4. The molecule has 3 rings (SSSR count). The van der Waals surface area contributed by atoms with E-state index < -0.39 is 0 Å². The lowest BCUT2D eigenvalue weighted by atomic mass is 10.1. The predicted octanol–water partition coefficient (Wildman–Crippen LogP) is 2.93. The zero-order valence-electron chi connectivity index (χ0n) is 17.4. The van der Waals surface area contributed by atoms with E-state index in [1.165, 1.54) is 11.1 Å². The molecule has 1 N–H and O–H groups in total. The highest BCUT2D eigenvalue weighted by Gasteiger charge is 2.27. The second kappa shape index (κ2) is 10.0. The second-order valence-electron chi connectivity index (χ2n) is 7.87. The summed E-state index contributed by atoms with van der Waals surface area (Å²) >= 11 is 0. The maximum Gasteiger partial charge on any atom is 0.119 e. The quantitative estimate of drug-likeness (QED) is 0.718. The Morgan fingerprint density at radius 1 is 1.14 bits per heavy atom. The first-order chi connectivity index (χ1) is 13.6. The highest BCUT2D eigenvalue weighted by Crippen LogP contribution is 2.20. The third-order valence-electron chi connectivity index (χ3n) is 5.36. The van der Waals surface area contributed by atoms with Gasteiger partial charge in [0.2, 0.25) is 0 Å². The van der Waals surface area contributed by atoms with Gasteiger partial charge in [-0.2, -0.15) is 5.10 Å². The van der Waals surface area contributed by atoms with Crippen LogP contribution in [0.3, 0.4) is 0 Å². The topological polar surface area (TPSA) is 53.8 Å². The van der Waals surface area contributed by atoms with Gasteiger partial charge < -0.3 is 9.84 Å². The fourth-order valence-electron chi connectivity index (χ4n) is 3.82. The molecule has 0 spiro atoms. The second-order valence-corrected chi connectivity index (χ2v) is 7.87. The van der Waals surface area contributed by atoms with Crippen molar-refractivity contribution < 1.29 is 9.84 Å². The maximum atomic E-state index is 9.56. The van der Waals surface area contributed by atoms with Crippen LogP contribution in [0.25, 0.3) is 0 Å². The average molecular weight is 387 g/mol. The van der Waals surface area contributed by atoms with Crippen LogP contribution in [0.2, 0.25) is 0 Å². The maximum absolute atomic E-state index is 9.56. The summed E-state index contributed by atoms with van der Waals surface area (Å²) < 4.78 is 7.55. The third-order valence-corrected chi connectivity index (χ3v) is 5.36. The molecule has 0 amide bonds. The lowest BCUT2D eigenvalue weighted by Gasteiger charge is -2.41. The highest BCUT2D eigenvalue weighted by atomic mass is 16.5. The molecule has 1 aliphatic heterocycles. The Bertz CT molecular complexity index is 714. The molecule has 1 atom stereocenters. The third kappa shape index (κ3) is 5.56. The van der Waals surface area contributed by atoms with E-state index in [9.17, 15) is 5.11 Å². The summed E-state index contributed by atoms with van der Waals surface area (Å²) in [7, 11) is 0. The number of aliphatic hydroxyl groups excluding tert-OH is 1. The first-order valence-corrected chi connectivity index (χ1v) is 10.4. The van der Waals surface area contributed by atoms with Crippen LogP contribution in [0, 0.1) is 0 Å². The van der Waals surface area contributed by atoms with Gasteiger partial charge in [-0.05, 0) is 44.9 Å². The molecule has 1 aliphatic rings. The molecule has 1 saturated heterocycles. The minimum atomic E-state index is 0.226. The summed E-state index contributed by atoms with van der Waals surface area (Å²) in [5, 5.41) is 14.0. The number of rotatable bonds is 9. The van der Waals surface area contributed by atoms with Crippen molar-refractivity contribution in [3.63, 3.8) is 0 Å². The molecule has 6 nitrogen and oxygen atoms in total. The van der Waals surface area contributed by atoms with E-state index in [1.807, 2.05) is 29.9 Å². The molecule has 2 heterocycles. The highest BCUT2D eigenvalue weighted by molar-refractivity contribution is 5.27. The Morgan fingerprint density at radius 2 is 1.93 bits per heavy atom. The molecule has 2 aromatic rings. The van der Waals surface area contributed by atoms with E-state index in [4.69, 9.17) is 4.74 Å².